The molecule has 0 saturated carbocycles. The minimum atomic E-state index is -0.532. The van der Waals surface area contributed by atoms with Gasteiger partial charge in [-0.05, 0) is 18.0 Å². The fourth-order valence-corrected chi connectivity index (χ4v) is 0.920. The largest absolute Gasteiger partial charge is 0.357 e. The van der Waals surface area contributed by atoms with E-state index in [-0.39, 0.29) is 0 Å². The molecule has 0 saturated heterocycles. The summed E-state index contributed by atoms with van der Waals surface area (Å²) in [6, 6.07) is 3.66. The van der Waals surface area contributed by atoms with E-state index in [0.29, 0.717) is 0 Å². The van der Waals surface area contributed by atoms with E-state index in [4.69, 9.17) is 15.7 Å². The Labute approximate surface area is 62.9 Å². The van der Waals surface area contributed by atoms with Crippen molar-refractivity contribution in [1.82, 2.24) is 4.57 Å². The molecule has 1 heterocycles. The smallest absolute Gasteiger partial charge is 0.0861 e. The molecule has 10 heavy (non-hydrogen) atoms. The third-order valence-corrected chi connectivity index (χ3v) is 1.39. The first-order valence-electron chi connectivity index (χ1n) is 2.99. The van der Waals surface area contributed by atoms with Crippen molar-refractivity contribution in [3.05, 3.63) is 22.8 Å². The zero-order chi connectivity index (χ0) is 7.72. The molecule has 0 spiro atoms. The molecule has 1 nitrogen and oxygen atoms in total. The highest BCUT2D eigenvalue weighted by Crippen LogP contribution is 1.82. The van der Waals surface area contributed by atoms with Crippen LogP contribution in [0.25, 0.3) is 13.2 Å². The molecular formula is C7H7B2N. The highest BCUT2D eigenvalue weighted by molar-refractivity contribution is 6.33. The highest BCUT2D eigenvalue weighted by atomic mass is 15.0. The molecule has 0 aliphatic carbocycles. The highest BCUT2D eigenvalue weighted by Gasteiger charge is 1.95. The van der Waals surface area contributed by atoms with Crippen molar-refractivity contribution in [2.24, 2.45) is 0 Å². The molecule has 0 amide bonds. The lowest BCUT2D eigenvalue weighted by Gasteiger charge is -2.08. The Morgan fingerprint density at radius 1 is 1.20 bits per heavy atom. The minimum absolute atomic E-state index is 0.532. The third-order valence-electron chi connectivity index (χ3n) is 1.39. The fourth-order valence-electron chi connectivity index (χ4n) is 0.920. The molecule has 1 rings (SSSR count). The predicted octanol–water partition coefficient (Wildman–Crippen LogP) is -0.898. The quantitative estimate of drug-likeness (QED) is 0.430. The number of rotatable bonds is 1. The molecule has 4 radical (unpaired) electrons. The summed E-state index contributed by atoms with van der Waals surface area (Å²) in [5, 5.41) is 1.58. The Kier molecular flexibility index (Phi) is 1.75. The van der Waals surface area contributed by atoms with Crippen LogP contribution in [-0.2, 0) is 0 Å². The summed E-state index contributed by atoms with van der Waals surface area (Å²) in [5.74, 6) is -0.532. The van der Waals surface area contributed by atoms with Gasteiger partial charge in [0.2, 0.25) is 0 Å². The monoisotopic (exact) mass is 127 g/mol. The second-order valence-electron chi connectivity index (χ2n) is 2.18. The summed E-state index contributed by atoms with van der Waals surface area (Å²) in [6.07, 6.45) is 0. The maximum atomic E-state index is 5.42. The van der Waals surface area contributed by atoms with Gasteiger partial charge in [0.15, 0.2) is 0 Å². The first kappa shape index (κ1) is 7.26. The van der Waals surface area contributed by atoms with E-state index < -0.39 is 5.84 Å². The third kappa shape index (κ3) is 1.04. The van der Waals surface area contributed by atoms with Crippen molar-refractivity contribution in [3.8, 4) is 0 Å². The zero-order valence-corrected chi connectivity index (χ0v) is 5.75. The molecule has 3 heteroatoms. The van der Waals surface area contributed by atoms with E-state index in [2.05, 4.69) is 13.2 Å². The summed E-state index contributed by atoms with van der Waals surface area (Å²) in [5.41, 5.74) is 0. The van der Waals surface area contributed by atoms with Crippen LogP contribution < -0.4 is 10.7 Å². The molecule has 0 unspecified atom stereocenters. The van der Waals surface area contributed by atoms with Crippen molar-refractivity contribution in [3.63, 3.8) is 0 Å². The standard InChI is InChI=1S/C7H7B2N/c1-5-3-4-6(2)10(5)7(8)9/h3-4,7H,1-2H2. The van der Waals surface area contributed by atoms with E-state index in [0.717, 1.165) is 10.7 Å². The first-order valence-corrected chi connectivity index (χ1v) is 2.99. The molecule has 0 aliphatic rings. The number of hydrogen-bond donors (Lipinski definition) is 0. The van der Waals surface area contributed by atoms with Gasteiger partial charge < -0.3 is 4.57 Å². The van der Waals surface area contributed by atoms with Gasteiger partial charge in [0, 0.05) is 10.7 Å². The van der Waals surface area contributed by atoms with Crippen LogP contribution in [0.1, 0.15) is 5.84 Å². The van der Waals surface area contributed by atoms with Crippen LogP contribution in [0.2, 0.25) is 0 Å². The van der Waals surface area contributed by atoms with Gasteiger partial charge in [-0.25, -0.2) is 0 Å². The maximum Gasteiger partial charge on any atom is 0.0861 e. The number of nitrogens with zero attached hydrogens (tertiary/aromatic N) is 1. The van der Waals surface area contributed by atoms with Crippen molar-refractivity contribution in [2.45, 2.75) is 5.84 Å². The van der Waals surface area contributed by atoms with Crippen LogP contribution in [-0.4, -0.2) is 20.3 Å². The summed E-state index contributed by atoms with van der Waals surface area (Å²) >= 11 is 0. The van der Waals surface area contributed by atoms with Crippen LogP contribution in [0, 0.1) is 0 Å². The molecule has 0 bridgehead atoms. The molecule has 1 aromatic heterocycles. The van der Waals surface area contributed by atoms with Gasteiger partial charge in [0.05, 0.1) is 15.7 Å². The van der Waals surface area contributed by atoms with Gasteiger partial charge in [0.1, 0.15) is 0 Å². The lowest BCUT2D eigenvalue weighted by atomic mass is 9.78. The van der Waals surface area contributed by atoms with E-state index in [1.165, 1.54) is 0 Å². The van der Waals surface area contributed by atoms with Crippen LogP contribution >= 0.6 is 0 Å². The summed E-state index contributed by atoms with van der Waals surface area (Å²) in [4.78, 5) is 0. The molecular weight excluding hydrogens is 120 g/mol. The van der Waals surface area contributed by atoms with E-state index in [9.17, 15) is 0 Å². The van der Waals surface area contributed by atoms with Gasteiger partial charge in [0.25, 0.3) is 0 Å². The van der Waals surface area contributed by atoms with Crippen molar-refractivity contribution < 1.29 is 0 Å². The second-order valence-corrected chi connectivity index (χ2v) is 2.18. The van der Waals surface area contributed by atoms with Gasteiger partial charge in [-0.15, -0.1) is 0 Å². The van der Waals surface area contributed by atoms with Gasteiger partial charge in [-0.1, -0.05) is 13.2 Å². The normalized spacial score (nSPS) is 10.5. The zero-order valence-electron chi connectivity index (χ0n) is 5.75. The molecule has 0 aromatic carbocycles. The molecule has 0 atom stereocenters. The van der Waals surface area contributed by atoms with Crippen LogP contribution in [0.3, 0.4) is 0 Å². The Morgan fingerprint density at radius 2 is 1.60 bits per heavy atom. The SMILES string of the molecule is [B]C([B])n1c(=C)ccc1=C. The predicted molar refractivity (Wildman–Crippen MR) is 45.3 cm³/mol. The summed E-state index contributed by atoms with van der Waals surface area (Å²) < 4.78 is 1.67. The lowest BCUT2D eigenvalue weighted by Crippen LogP contribution is -2.29. The van der Waals surface area contributed by atoms with E-state index in [1.807, 2.05) is 12.1 Å². The molecule has 1 aromatic rings. The Hall–Kier alpha value is -0.850. The van der Waals surface area contributed by atoms with Crippen LogP contribution in [0.15, 0.2) is 12.1 Å². The van der Waals surface area contributed by atoms with Gasteiger partial charge in [-0.2, -0.15) is 0 Å². The van der Waals surface area contributed by atoms with Crippen molar-refractivity contribution in [2.75, 3.05) is 0 Å². The molecule has 46 valence electrons. The van der Waals surface area contributed by atoms with Crippen LogP contribution in [0.4, 0.5) is 0 Å². The van der Waals surface area contributed by atoms with Crippen molar-refractivity contribution >= 4 is 28.9 Å². The van der Waals surface area contributed by atoms with Crippen LogP contribution in [0.5, 0.6) is 0 Å². The van der Waals surface area contributed by atoms with E-state index >= 15 is 0 Å². The fraction of sp³-hybridized carbons (Fsp3) is 0.143. The second kappa shape index (κ2) is 2.41. The Balaban J connectivity index is 3.38. The van der Waals surface area contributed by atoms with E-state index in [1.54, 1.807) is 4.57 Å². The summed E-state index contributed by atoms with van der Waals surface area (Å²) in [7, 11) is 10.8. The number of hydrogen-bond acceptors (Lipinski definition) is 0. The van der Waals surface area contributed by atoms with Gasteiger partial charge >= 0.3 is 0 Å². The lowest BCUT2D eigenvalue weighted by molar-refractivity contribution is 0.805. The maximum absolute atomic E-state index is 5.42. The minimum Gasteiger partial charge on any atom is -0.357 e. The van der Waals surface area contributed by atoms with Gasteiger partial charge in [-0.3, -0.25) is 0 Å². The topological polar surface area (TPSA) is 4.93 Å². The Morgan fingerprint density at radius 3 is 1.80 bits per heavy atom. The number of aromatic nitrogens is 1. The first-order chi connectivity index (χ1) is 4.63. The average molecular weight is 127 g/mol. The molecule has 0 aliphatic heterocycles. The summed E-state index contributed by atoms with van der Waals surface area (Å²) in [6.45, 7) is 7.45. The molecule has 0 fully saturated rings. The Bertz CT molecular complexity index is 285. The van der Waals surface area contributed by atoms with Crippen molar-refractivity contribution in [1.29, 1.82) is 0 Å². The molecule has 0 N–H and O–H groups in total. The average Bonchev–Trinajstić information content (AvgIpc) is 2.11.